The molecule has 0 spiro atoms. The summed E-state index contributed by atoms with van der Waals surface area (Å²) in [5, 5.41) is 29.4. The average Bonchev–Trinajstić information content (AvgIpc) is 2.82. The van der Waals surface area contributed by atoms with Crippen LogP contribution in [0.5, 0.6) is 5.75 Å². The van der Waals surface area contributed by atoms with Crippen LogP contribution in [0.2, 0.25) is 0 Å². The summed E-state index contributed by atoms with van der Waals surface area (Å²) in [7, 11) is 0. The number of carbonyl (C=O) groups excluding carboxylic acids is 1. The van der Waals surface area contributed by atoms with Crippen LogP contribution in [-0.4, -0.2) is 24.0 Å². The van der Waals surface area contributed by atoms with Crippen molar-refractivity contribution in [2.45, 2.75) is 13.8 Å². The van der Waals surface area contributed by atoms with E-state index in [4.69, 9.17) is 8.83 Å². The molecule has 2 aromatic heterocycles. The van der Waals surface area contributed by atoms with E-state index in [9.17, 15) is 30.0 Å². The third kappa shape index (κ3) is 3.46. The van der Waals surface area contributed by atoms with Crippen molar-refractivity contribution in [3.8, 4) is 17.9 Å². The largest absolute Gasteiger partial charge is 0.508 e. The van der Waals surface area contributed by atoms with Gasteiger partial charge in [-0.1, -0.05) is 0 Å². The number of phenols is 1. The Kier molecular flexibility index (Phi) is 5.62. The fraction of sp³-hybridized carbons (Fsp3) is 0.160. The highest BCUT2D eigenvalue weighted by Crippen LogP contribution is 2.28. The summed E-state index contributed by atoms with van der Waals surface area (Å²) < 4.78 is 10.5. The summed E-state index contributed by atoms with van der Waals surface area (Å²) >= 11 is 0. The lowest BCUT2D eigenvalue weighted by molar-refractivity contribution is 0.103. The van der Waals surface area contributed by atoms with E-state index >= 15 is 0 Å². The number of ketones is 1. The Bertz CT molecular complexity index is 1680. The molecule has 9 nitrogen and oxygen atoms in total. The van der Waals surface area contributed by atoms with Gasteiger partial charge in [-0.2, -0.15) is 10.5 Å². The van der Waals surface area contributed by atoms with Crippen LogP contribution in [0, 0.1) is 22.7 Å². The zero-order chi connectivity index (χ0) is 24.6. The molecule has 4 rings (SSSR count). The number of aromatic hydroxyl groups is 1. The minimum absolute atomic E-state index is 0.0933. The number of carbonyl (C=O) groups is 1. The van der Waals surface area contributed by atoms with E-state index < -0.39 is 28.2 Å². The Balaban J connectivity index is 1.99. The summed E-state index contributed by atoms with van der Waals surface area (Å²) in [6.45, 7) is 5.35. The quantitative estimate of drug-likeness (QED) is 0.353. The van der Waals surface area contributed by atoms with Gasteiger partial charge in [0.25, 0.3) is 0 Å². The molecule has 0 saturated carbocycles. The van der Waals surface area contributed by atoms with Gasteiger partial charge in [0.2, 0.25) is 5.78 Å². The minimum Gasteiger partial charge on any atom is -0.508 e. The number of hydrogen-bond acceptors (Lipinski definition) is 9. The van der Waals surface area contributed by atoms with E-state index in [1.807, 2.05) is 24.8 Å². The molecule has 1 N–H and O–H groups in total. The van der Waals surface area contributed by atoms with Gasteiger partial charge in [-0.15, -0.1) is 0 Å². The molecular weight excluding hydrogens is 438 g/mol. The lowest BCUT2D eigenvalue weighted by Gasteiger charge is -2.21. The highest BCUT2D eigenvalue weighted by atomic mass is 16.4. The van der Waals surface area contributed by atoms with Gasteiger partial charge in [0, 0.05) is 41.7 Å². The number of anilines is 1. The number of nitriles is 2. The Morgan fingerprint density at radius 2 is 1.38 bits per heavy atom. The molecule has 168 valence electrons. The van der Waals surface area contributed by atoms with E-state index in [1.165, 1.54) is 12.1 Å². The zero-order valence-corrected chi connectivity index (χ0v) is 18.2. The van der Waals surface area contributed by atoms with E-state index in [0.717, 1.165) is 11.8 Å². The lowest BCUT2D eigenvalue weighted by Crippen LogP contribution is -2.24. The van der Waals surface area contributed by atoms with Gasteiger partial charge in [0.05, 0.1) is 11.1 Å². The normalized spacial score (nSPS) is 10.7. The molecule has 0 aliphatic carbocycles. The molecule has 0 fully saturated rings. The molecule has 0 atom stereocenters. The maximum atomic E-state index is 13.4. The van der Waals surface area contributed by atoms with Crippen molar-refractivity contribution in [3.63, 3.8) is 0 Å². The molecule has 9 heteroatoms. The van der Waals surface area contributed by atoms with E-state index in [-0.39, 0.29) is 38.8 Å². The van der Waals surface area contributed by atoms with Crippen LogP contribution in [-0.2, 0) is 0 Å². The number of hydrogen-bond donors (Lipinski definition) is 1. The van der Waals surface area contributed by atoms with Gasteiger partial charge >= 0.3 is 11.3 Å². The lowest BCUT2D eigenvalue weighted by atomic mass is 9.95. The average molecular weight is 455 g/mol. The predicted octanol–water partition coefficient (Wildman–Crippen LogP) is 3.43. The molecule has 0 bridgehead atoms. The topological polar surface area (TPSA) is 149 Å². The second-order valence-corrected chi connectivity index (χ2v) is 7.36. The fourth-order valence-corrected chi connectivity index (χ4v) is 3.93. The first kappa shape index (κ1) is 22.3. The van der Waals surface area contributed by atoms with Crippen LogP contribution in [0.4, 0.5) is 5.69 Å². The predicted molar refractivity (Wildman–Crippen MR) is 123 cm³/mol. The Labute approximate surface area is 192 Å². The van der Waals surface area contributed by atoms with Crippen LogP contribution in [0.3, 0.4) is 0 Å². The summed E-state index contributed by atoms with van der Waals surface area (Å²) in [6, 6.07) is 12.3. The zero-order valence-electron chi connectivity index (χ0n) is 18.2. The van der Waals surface area contributed by atoms with Crippen molar-refractivity contribution >= 4 is 33.4 Å². The third-order valence-electron chi connectivity index (χ3n) is 5.59. The second kappa shape index (κ2) is 8.57. The van der Waals surface area contributed by atoms with Gasteiger partial charge in [-0.05, 0) is 38.1 Å². The van der Waals surface area contributed by atoms with Crippen molar-refractivity contribution in [3.05, 3.63) is 79.5 Å². The van der Waals surface area contributed by atoms with Crippen molar-refractivity contribution in [1.82, 2.24) is 0 Å². The molecule has 0 unspecified atom stereocenters. The van der Waals surface area contributed by atoms with Gasteiger partial charge < -0.3 is 18.8 Å². The van der Waals surface area contributed by atoms with E-state index in [0.29, 0.717) is 13.1 Å². The summed E-state index contributed by atoms with van der Waals surface area (Å²) in [6.07, 6.45) is 0. The summed E-state index contributed by atoms with van der Waals surface area (Å²) in [4.78, 5) is 40.9. The maximum absolute atomic E-state index is 13.4. The number of nitrogens with zero attached hydrogens (tertiary/aromatic N) is 3. The SMILES string of the molecule is CCN(CC)c1ccc2c(C#N)c(C(=O)c3c(C#N)c4ccc(O)cc4oc3=O)c(=O)oc2c1. The third-order valence-corrected chi connectivity index (χ3v) is 5.59. The monoisotopic (exact) mass is 455 g/mol. The van der Waals surface area contributed by atoms with Gasteiger partial charge in [-0.3, -0.25) is 4.79 Å². The van der Waals surface area contributed by atoms with Crippen molar-refractivity contribution in [1.29, 1.82) is 10.5 Å². The van der Waals surface area contributed by atoms with Crippen LogP contribution < -0.4 is 16.2 Å². The first-order chi connectivity index (χ1) is 16.3. The Hall–Kier alpha value is -4.89. The molecule has 34 heavy (non-hydrogen) atoms. The highest BCUT2D eigenvalue weighted by molar-refractivity contribution is 6.14. The smallest absolute Gasteiger partial charge is 0.348 e. The second-order valence-electron chi connectivity index (χ2n) is 7.36. The van der Waals surface area contributed by atoms with Crippen molar-refractivity contribution in [2.24, 2.45) is 0 Å². The molecule has 0 amide bonds. The molecule has 2 aromatic carbocycles. The minimum atomic E-state index is -1.18. The Morgan fingerprint density at radius 1 is 0.882 bits per heavy atom. The summed E-state index contributed by atoms with van der Waals surface area (Å²) in [5.74, 6) is -1.36. The summed E-state index contributed by atoms with van der Waals surface area (Å²) in [5.41, 5.74) is -3.46. The van der Waals surface area contributed by atoms with Crippen molar-refractivity contribution < 1.29 is 18.7 Å². The molecule has 2 heterocycles. The van der Waals surface area contributed by atoms with Crippen LogP contribution in [0.15, 0.2) is 54.8 Å². The standard InChI is InChI=1S/C25H17N3O6/c1-3-28(4-2)13-5-7-15-17(11-26)21(24(31)33-19(15)9-13)23(30)22-18(12-27)16-8-6-14(29)10-20(16)34-25(22)32/h5-10,29H,3-4H2,1-2H3. The van der Waals surface area contributed by atoms with E-state index in [2.05, 4.69) is 0 Å². The maximum Gasteiger partial charge on any atom is 0.348 e. The van der Waals surface area contributed by atoms with Crippen LogP contribution in [0.1, 0.15) is 40.9 Å². The fourth-order valence-electron chi connectivity index (χ4n) is 3.93. The first-order valence-electron chi connectivity index (χ1n) is 10.3. The van der Waals surface area contributed by atoms with Gasteiger partial charge in [0.15, 0.2) is 0 Å². The Morgan fingerprint density at radius 3 is 1.88 bits per heavy atom. The van der Waals surface area contributed by atoms with Crippen molar-refractivity contribution in [2.75, 3.05) is 18.0 Å². The van der Waals surface area contributed by atoms with Crippen LogP contribution in [0.25, 0.3) is 21.9 Å². The molecule has 0 aliphatic heterocycles. The molecule has 0 aliphatic rings. The number of rotatable bonds is 5. The molecule has 0 saturated heterocycles. The molecule has 4 aromatic rings. The number of fused-ring (bicyclic) bond motifs is 2. The number of phenolic OH excluding ortho intramolecular Hbond substituents is 1. The van der Waals surface area contributed by atoms with Gasteiger partial charge in [-0.25, -0.2) is 9.59 Å². The molecule has 0 radical (unpaired) electrons. The highest BCUT2D eigenvalue weighted by Gasteiger charge is 2.29. The van der Waals surface area contributed by atoms with Gasteiger partial charge in [0.1, 0.15) is 40.2 Å². The molecular formula is C25H17N3O6. The van der Waals surface area contributed by atoms with Crippen LogP contribution >= 0.6 is 0 Å². The first-order valence-corrected chi connectivity index (χ1v) is 10.3. The number of benzene rings is 2. The van der Waals surface area contributed by atoms with E-state index in [1.54, 1.807) is 24.3 Å².